The van der Waals surface area contributed by atoms with Gasteiger partial charge in [0.2, 0.25) is 0 Å². The van der Waals surface area contributed by atoms with Crippen molar-refractivity contribution in [3.05, 3.63) is 69.8 Å². The molecule has 0 amide bonds. The minimum Gasteiger partial charge on any atom is -0.489 e. The molecule has 5 heteroatoms. The first-order valence-electron chi connectivity index (χ1n) is 8.40. The topological polar surface area (TPSA) is 64.4 Å². The first-order valence-corrected chi connectivity index (χ1v) is 8.40. The number of ether oxygens (including phenoxy) is 1. The van der Waals surface area contributed by atoms with E-state index in [0.29, 0.717) is 24.9 Å². The van der Waals surface area contributed by atoms with Crippen LogP contribution in [-0.2, 0) is 13.2 Å². The molecule has 1 fully saturated rings. The molecule has 0 bridgehead atoms. The summed E-state index contributed by atoms with van der Waals surface area (Å²) in [5.74, 6) is 0.704. The Balaban J connectivity index is 1.71. The van der Waals surface area contributed by atoms with Gasteiger partial charge in [0, 0.05) is 30.3 Å². The lowest BCUT2D eigenvalue weighted by atomic mass is 10.1. The number of nitrogens with zero attached hydrogens (tertiary/aromatic N) is 1. The Labute approximate surface area is 141 Å². The van der Waals surface area contributed by atoms with Crippen LogP contribution in [0.2, 0.25) is 0 Å². The zero-order valence-corrected chi connectivity index (χ0v) is 13.6. The molecule has 5 nitrogen and oxygen atoms in total. The molecule has 2 aromatic carbocycles. The van der Waals surface area contributed by atoms with E-state index in [0.717, 1.165) is 11.1 Å². The molecule has 2 aromatic rings. The summed E-state index contributed by atoms with van der Waals surface area (Å²) in [5, 5.41) is 14.5. The monoisotopic (exact) mass is 326 g/mol. The fourth-order valence-corrected chi connectivity index (χ4v) is 3.08. The summed E-state index contributed by atoms with van der Waals surface area (Å²) >= 11 is 0. The minimum atomic E-state index is -0.361. The van der Waals surface area contributed by atoms with Gasteiger partial charge in [0.1, 0.15) is 12.4 Å². The van der Waals surface area contributed by atoms with Crippen molar-refractivity contribution in [1.82, 2.24) is 5.32 Å². The lowest BCUT2D eigenvalue weighted by Crippen LogP contribution is -2.25. The van der Waals surface area contributed by atoms with Gasteiger partial charge in [-0.1, -0.05) is 43.2 Å². The van der Waals surface area contributed by atoms with Gasteiger partial charge < -0.3 is 10.1 Å². The SMILES string of the molecule is O=[N+]([O-])c1ccc(OCc2ccccc2)c(CNC2CCCC2)c1. The zero-order valence-electron chi connectivity index (χ0n) is 13.6. The van der Waals surface area contributed by atoms with Crippen LogP contribution in [-0.4, -0.2) is 11.0 Å². The summed E-state index contributed by atoms with van der Waals surface area (Å²) < 4.78 is 5.91. The molecule has 0 radical (unpaired) electrons. The number of nitrogens with one attached hydrogen (secondary N) is 1. The number of rotatable bonds is 7. The molecule has 0 unspecified atom stereocenters. The van der Waals surface area contributed by atoms with Gasteiger partial charge in [-0.15, -0.1) is 0 Å². The molecule has 0 atom stereocenters. The number of hydrogen-bond donors (Lipinski definition) is 1. The van der Waals surface area contributed by atoms with Crippen LogP contribution in [0, 0.1) is 10.1 Å². The molecule has 0 spiro atoms. The van der Waals surface area contributed by atoms with Crippen molar-refractivity contribution in [2.45, 2.75) is 44.9 Å². The average Bonchev–Trinajstić information content (AvgIpc) is 3.13. The standard InChI is InChI=1S/C19H22N2O3/c22-21(23)18-10-11-19(24-14-15-6-2-1-3-7-15)16(12-18)13-20-17-8-4-5-9-17/h1-3,6-7,10-12,17,20H,4-5,8-9,13-14H2. The van der Waals surface area contributed by atoms with Gasteiger partial charge in [0.15, 0.2) is 0 Å². The molecule has 0 aromatic heterocycles. The highest BCUT2D eigenvalue weighted by Crippen LogP contribution is 2.26. The van der Waals surface area contributed by atoms with Crippen molar-refractivity contribution in [3.8, 4) is 5.75 Å². The van der Waals surface area contributed by atoms with E-state index < -0.39 is 0 Å². The molecule has 1 N–H and O–H groups in total. The third kappa shape index (κ3) is 4.32. The van der Waals surface area contributed by atoms with Crippen LogP contribution >= 0.6 is 0 Å². The normalized spacial score (nSPS) is 14.7. The Hall–Kier alpha value is -2.40. The van der Waals surface area contributed by atoms with Crippen molar-refractivity contribution >= 4 is 5.69 Å². The Kier molecular flexibility index (Phi) is 5.43. The third-order valence-electron chi connectivity index (χ3n) is 4.43. The number of nitro groups is 1. The smallest absolute Gasteiger partial charge is 0.270 e. The molecule has 1 aliphatic rings. The van der Waals surface area contributed by atoms with Crippen molar-refractivity contribution < 1.29 is 9.66 Å². The quantitative estimate of drug-likeness (QED) is 0.611. The highest BCUT2D eigenvalue weighted by molar-refractivity contribution is 5.44. The molecule has 3 rings (SSSR count). The highest BCUT2D eigenvalue weighted by atomic mass is 16.6. The van der Waals surface area contributed by atoms with Gasteiger partial charge in [0.25, 0.3) is 5.69 Å². The lowest BCUT2D eigenvalue weighted by molar-refractivity contribution is -0.384. The summed E-state index contributed by atoms with van der Waals surface area (Å²) in [6.45, 7) is 1.05. The first kappa shape index (κ1) is 16.5. The Morgan fingerprint density at radius 1 is 1.12 bits per heavy atom. The van der Waals surface area contributed by atoms with Gasteiger partial charge in [-0.2, -0.15) is 0 Å². The molecule has 0 saturated heterocycles. The van der Waals surface area contributed by atoms with Crippen LogP contribution in [0.4, 0.5) is 5.69 Å². The van der Waals surface area contributed by atoms with E-state index in [4.69, 9.17) is 4.74 Å². The highest BCUT2D eigenvalue weighted by Gasteiger charge is 2.17. The summed E-state index contributed by atoms with van der Waals surface area (Å²) in [6, 6.07) is 15.2. The van der Waals surface area contributed by atoms with Crippen LogP contribution in [0.25, 0.3) is 0 Å². The fraction of sp³-hybridized carbons (Fsp3) is 0.368. The van der Waals surface area contributed by atoms with Crippen molar-refractivity contribution in [1.29, 1.82) is 0 Å². The van der Waals surface area contributed by atoms with Crippen LogP contribution < -0.4 is 10.1 Å². The predicted molar refractivity (Wildman–Crippen MR) is 93.0 cm³/mol. The Morgan fingerprint density at radius 3 is 2.58 bits per heavy atom. The van der Waals surface area contributed by atoms with E-state index in [2.05, 4.69) is 5.32 Å². The van der Waals surface area contributed by atoms with Gasteiger partial charge >= 0.3 is 0 Å². The second-order valence-corrected chi connectivity index (χ2v) is 6.19. The number of benzene rings is 2. The molecule has 24 heavy (non-hydrogen) atoms. The van der Waals surface area contributed by atoms with E-state index in [1.807, 2.05) is 30.3 Å². The number of nitro benzene ring substituents is 1. The first-order chi connectivity index (χ1) is 11.7. The predicted octanol–water partition coefficient (Wildman–Crippen LogP) is 4.21. The molecule has 1 saturated carbocycles. The summed E-state index contributed by atoms with van der Waals surface area (Å²) in [6.07, 6.45) is 4.86. The number of non-ortho nitro benzene ring substituents is 1. The largest absolute Gasteiger partial charge is 0.489 e. The average molecular weight is 326 g/mol. The minimum absolute atomic E-state index is 0.102. The van der Waals surface area contributed by atoms with Crippen LogP contribution in [0.1, 0.15) is 36.8 Å². The maximum absolute atomic E-state index is 11.0. The second-order valence-electron chi connectivity index (χ2n) is 6.19. The van der Waals surface area contributed by atoms with Gasteiger partial charge in [0.05, 0.1) is 4.92 Å². The summed E-state index contributed by atoms with van der Waals surface area (Å²) in [4.78, 5) is 10.7. The van der Waals surface area contributed by atoms with Crippen molar-refractivity contribution in [3.63, 3.8) is 0 Å². The summed E-state index contributed by atoms with van der Waals surface area (Å²) in [7, 11) is 0. The Morgan fingerprint density at radius 2 is 1.88 bits per heavy atom. The molecule has 0 heterocycles. The van der Waals surface area contributed by atoms with Gasteiger partial charge in [-0.3, -0.25) is 10.1 Å². The van der Waals surface area contributed by atoms with Crippen LogP contribution in [0.3, 0.4) is 0 Å². The van der Waals surface area contributed by atoms with Crippen LogP contribution in [0.15, 0.2) is 48.5 Å². The fourth-order valence-electron chi connectivity index (χ4n) is 3.08. The maximum Gasteiger partial charge on any atom is 0.270 e. The second kappa shape index (κ2) is 7.93. The lowest BCUT2D eigenvalue weighted by Gasteiger charge is -2.15. The summed E-state index contributed by atoms with van der Waals surface area (Å²) in [5.41, 5.74) is 2.02. The molecular formula is C19H22N2O3. The van der Waals surface area contributed by atoms with E-state index in [1.165, 1.54) is 31.7 Å². The van der Waals surface area contributed by atoms with E-state index >= 15 is 0 Å². The van der Waals surface area contributed by atoms with Crippen molar-refractivity contribution in [2.75, 3.05) is 0 Å². The molecular weight excluding hydrogens is 304 g/mol. The zero-order chi connectivity index (χ0) is 16.8. The molecule has 126 valence electrons. The molecule has 0 aliphatic heterocycles. The number of hydrogen-bond acceptors (Lipinski definition) is 4. The Bertz CT molecular complexity index is 682. The van der Waals surface area contributed by atoms with E-state index in [-0.39, 0.29) is 10.6 Å². The van der Waals surface area contributed by atoms with Crippen LogP contribution in [0.5, 0.6) is 5.75 Å². The maximum atomic E-state index is 11.0. The van der Waals surface area contributed by atoms with E-state index in [1.54, 1.807) is 12.1 Å². The van der Waals surface area contributed by atoms with Gasteiger partial charge in [-0.25, -0.2) is 0 Å². The third-order valence-corrected chi connectivity index (χ3v) is 4.43. The van der Waals surface area contributed by atoms with Gasteiger partial charge in [-0.05, 0) is 24.5 Å². The van der Waals surface area contributed by atoms with Crippen molar-refractivity contribution in [2.24, 2.45) is 0 Å². The van der Waals surface area contributed by atoms with E-state index in [9.17, 15) is 10.1 Å². The molecule has 1 aliphatic carbocycles.